The van der Waals surface area contributed by atoms with Crippen molar-refractivity contribution in [3.05, 3.63) is 81.4 Å². The van der Waals surface area contributed by atoms with Gasteiger partial charge >= 0.3 is 0 Å². The van der Waals surface area contributed by atoms with E-state index in [1.807, 2.05) is 39.0 Å². The fourth-order valence-corrected chi connectivity index (χ4v) is 4.36. The molecule has 36 heavy (non-hydrogen) atoms. The van der Waals surface area contributed by atoms with Crippen molar-refractivity contribution in [1.29, 1.82) is 5.26 Å². The predicted octanol–water partition coefficient (Wildman–Crippen LogP) is 3.41. The first-order valence-corrected chi connectivity index (χ1v) is 11.6. The number of nitrogens with two attached hydrogens (primary N) is 1. The Balaban J connectivity index is 1.63. The molecule has 0 spiro atoms. The number of nitrogens with one attached hydrogen (secondary N) is 1. The lowest BCUT2D eigenvalue weighted by Gasteiger charge is -2.21. The third-order valence-electron chi connectivity index (χ3n) is 6.16. The van der Waals surface area contributed by atoms with Gasteiger partial charge in [-0.05, 0) is 81.1 Å². The number of anilines is 1. The van der Waals surface area contributed by atoms with Gasteiger partial charge in [-0.25, -0.2) is 9.67 Å². The third-order valence-corrected chi connectivity index (χ3v) is 6.16. The Hall–Kier alpha value is -4.29. The molecule has 0 unspecified atom stereocenters. The number of aryl methyl sites for hydroxylation is 3. The quantitative estimate of drug-likeness (QED) is 0.381. The van der Waals surface area contributed by atoms with Crippen molar-refractivity contribution >= 4 is 22.6 Å². The number of nitrogen functional groups attached to an aromatic ring is 1. The third kappa shape index (κ3) is 4.90. The number of aromatic nitrogens is 4. The SMILES string of the molecule is Cc1cnc2c(C(C)(C)O)cc(Cn3ncc(C(=O)NCc4c(C)cc(N)nc4C)c3C#N)cc2c1. The number of nitriles is 1. The molecule has 0 aliphatic rings. The van der Waals surface area contributed by atoms with E-state index in [0.717, 1.165) is 38.9 Å². The van der Waals surface area contributed by atoms with Crippen molar-refractivity contribution in [2.75, 3.05) is 5.73 Å². The summed E-state index contributed by atoms with van der Waals surface area (Å²) in [6, 6.07) is 9.71. The summed E-state index contributed by atoms with van der Waals surface area (Å²) in [7, 11) is 0. The average Bonchev–Trinajstić information content (AvgIpc) is 3.19. The van der Waals surface area contributed by atoms with Gasteiger partial charge in [-0.1, -0.05) is 0 Å². The minimum Gasteiger partial charge on any atom is -0.386 e. The summed E-state index contributed by atoms with van der Waals surface area (Å²) < 4.78 is 1.49. The Labute approximate surface area is 209 Å². The van der Waals surface area contributed by atoms with Gasteiger partial charge in [-0.2, -0.15) is 10.4 Å². The summed E-state index contributed by atoms with van der Waals surface area (Å²) in [6.45, 7) is 9.64. The minimum atomic E-state index is -1.11. The van der Waals surface area contributed by atoms with Crippen LogP contribution in [0.25, 0.3) is 10.9 Å². The lowest BCUT2D eigenvalue weighted by atomic mass is 9.93. The molecular weight excluding hydrogens is 454 g/mol. The lowest BCUT2D eigenvalue weighted by molar-refractivity contribution is 0.0799. The molecule has 4 rings (SSSR count). The Bertz CT molecular complexity index is 1500. The fraction of sp³-hybridized carbons (Fsp3) is 0.296. The second-order valence-electron chi connectivity index (χ2n) is 9.57. The van der Waals surface area contributed by atoms with Crippen molar-refractivity contribution in [2.24, 2.45) is 0 Å². The number of rotatable bonds is 6. The number of hydrogen-bond donors (Lipinski definition) is 3. The van der Waals surface area contributed by atoms with Crippen molar-refractivity contribution in [3.8, 4) is 6.07 Å². The Morgan fingerprint density at radius 1 is 1.19 bits per heavy atom. The van der Waals surface area contributed by atoms with Gasteiger partial charge in [0.25, 0.3) is 5.91 Å². The molecule has 0 aliphatic carbocycles. The number of hydrogen-bond acceptors (Lipinski definition) is 7. The van der Waals surface area contributed by atoms with Crippen LogP contribution in [0, 0.1) is 32.1 Å². The molecule has 4 aromatic rings. The maximum atomic E-state index is 12.9. The van der Waals surface area contributed by atoms with Crippen LogP contribution in [0.3, 0.4) is 0 Å². The molecule has 0 fully saturated rings. The summed E-state index contributed by atoms with van der Waals surface area (Å²) >= 11 is 0. The first-order valence-electron chi connectivity index (χ1n) is 11.6. The Morgan fingerprint density at radius 2 is 1.94 bits per heavy atom. The number of nitrogens with zero attached hydrogens (tertiary/aromatic N) is 5. The predicted molar refractivity (Wildman–Crippen MR) is 137 cm³/mol. The normalized spacial score (nSPS) is 11.5. The highest BCUT2D eigenvalue weighted by Gasteiger charge is 2.23. The average molecular weight is 484 g/mol. The number of aliphatic hydroxyl groups is 1. The van der Waals surface area contributed by atoms with E-state index >= 15 is 0 Å². The molecule has 0 saturated carbocycles. The molecule has 1 aromatic carbocycles. The minimum absolute atomic E-state index is 0.156. The Kier molecular flexibility index (Phi) is 6.48. The van der Waals surface area contributed by atoms with E-state index in [1.54, 1.807) is 26.1 Å². The van der Waals surface area contributed by atoms with E-state index in [2.05, 4.69) is 26.5 Å². The lowest BCUT2D eigenvalue weighted by Crippen LogP contribution is -2.24. The van der Waals surface area contributed by atoms with Crippen LogP contribution in [0.5, 0.6) is 0 Å². The van der Waals surface area contributed by atoms with Crippen molar-refractivity contribution in [3.63, 3.8) is 0 Å². The zero-order valence-electron chi connectivity index (χ0n) is 21.0. The number of amides is 1. The maximum absolute atomic E-state index is 12.9. The number of carbonyl (C=O) groups excluding carboxylic acids is 1. The summed E-state index contributed by atoms with van der Waals surface area (Å²) in [5.41, 5.74) is 10.8. The van der Waals surface area contributed by atoms with E-state index in [1.165, 1.54) is 10.9 Å². The number of benzene rings is 1. The fourth-order valence-electron chi connectivity index (χ4n) is 4.36. The van der Waals surface area contributed by atoms with Crippen molar-refractivity contribution in [2.45, 2.75) is 53.3 Å². The van der Waals surface area contributed by atoms with Crippen molar-refractivity contribution in [1.82, 2.24) is 25.1 Å². The number of fused-ring (bicyclic) bond motifs is 1. The first kappa shape index (κ1) is 24.8. The monoisotopic (exact) mass is 483 g/mol. The Morgan fingerprint density at radius 3 is 2.61 bits per heavy atom. The smallest absolute Gasteiger partial charge is 0.256 e. The highest BCUT2D eigenvalue weighted by atomic mass is 16.3. The second kappa shape index (κ2) is 9.40. The van der Waals surface area contributed by atoms with Gasteiger partial charge in [0.05, 0.1) is 29.4 Å². The molecule has 3 heterocycles. The maximum Gasteiger partial charge on any atom is 0.256 e. The molecule has 0 aliphatic heterocycles. The standard InChI is InChI=1S/C27H29N7O2/c1-15-6-19-8-18(9-22(27(4,5)36)25(19)30-11-15)14-34-23(10-28)21(13-32-34)26(35)31-12-20-16(2)7-24(29)33-17(20)3/h6-9,11,13,36H,12,14H2,1-5H3,(H2,29,33)(H,31,35). The van der Waals surface area contributed by atoms with E-state index in [0.29, 0.717) is 11.4 Å². The van der Waals surface area contributed by atoms with Crippen LogP contribution < -0.4 is 11.1 Å². The highest BCUT2D eigenvalue weighted by molar-refractivity contribution is 5.96. The number of carbonyl (C=O) groups is 1. The van der Waals surface area contributed by atoms with Gasteiger partial charge in [0.1, 0.15) is 11.9 Å². The van der Waals surface area contributed by atoms with Gasteiger partial charge in [-0.15, -0.1) is 0 Å². The van der Waals surface area contributed by atoms with Gasteiger partial charge in [0.15, 0.2) is 5.69 Å². The highest BCUT2D eigenvalue weighted by Crippen LogP contribution is 2.29. The van der Waals surface area contributed by atoms with Crippen LogP contribution in [0.4, 0.5) is 5.82 Å². The van der Waals surface area contributed by atoms with E-state index < -0.39 is 11.5 Å². The zero-order chi connectivity index (χ0) is 26.2. The molecule has 184 valence electrons. The zero-order valence-corrected chi connectivity index (χ0v) is 21.0. The molecule has 1 amide bonds. The van der Waals surface area contributed by atoms with E-state index in [-0.39, 0.29) is 24.3 Å². The van der Waals surface area contributed by atoms with E-state index in [9.17, 15) is 15.2 Å². The summed E-state index contributed by atoms with van der Waals surface area (Å²) in [4.78, 5) is 21.7. The second-order valence-corrected chi connectivity index (χ2v) is 9.57. The van der Waals surface area contributed by atoms with Crippen LogP contribution in [0.2, 0.25) is 0 Å². The molecule has 9 nitrogen and oxygen atoms in total. The molecule has 0 saturated heterocycles. The van der Waals surface area contributed by atoms with Gasteiger partial charge in [0, 0.05) is 29.4 Å². The van der Waals surface area contributed by atoms with Gasteiger partial charge < -0.3 is 16.2 Å². The molecule has 9 heteroatoms. The van der Waals surface area contributed by atoms with Gasteiger partial charge in [0.2, 0.25) is 0 Å². The topological polar surface area (TPSA) is 143 Å². The molecular formula is C27H29N7O2. The molecule has 0 radical (unpaired) electrons. The first-order chi connectivity index (χ1) is 17.0. The van der Waals surface area contributed by atoms with E-state index in [4.69, 9.17) is 5.73 Å². The molecule has 0 atom stereocenters. The van der Waals surface area contributed by atoms with Crippen LogP contribution in [-0.2, 0) is 18.7 Å². The summed E-state index contributed by atoms with van der Waals surface area (Å²) in [5.74, 6) is 0.0319. The van der Waals surface area contributed by atoms with Crippen LogP contribution in [0.1, 0.15) is 63.4 Å². The van der Waals surface area contributed by atoms with Crippen LogP contribution >= 0.6 is 0 Å². The number of pyridine rings is 2. The summed E-state index contributed by atoms with van der Waals surface area (Å²) in [5, 5.41) is 28.7. The van der Waals surface area contributed by atoms with Gasteiger partial charge in [-0.3, -0.25) is 9.78 Å². The molecule has 0 bridgehead atoms. The van der Waals surface area contributed by atoms with Crippen LogP contribution in [-0.4, -0.2) is 30.8 Å². The largest absolute Gasteiger partial charge is 0.386 e. The summed E-state index contributed by atoms with van der Waals surface area (Å²) in [6.07, 6.45) is 3.17. The van der Waals surface area contributed by atoms with Crippen LogP contribution in [0.15, 0.2) is 36.7 Å². The van der Waals surface area contributed by atoms with Crippen molar-refractivity contribution < 1.29 is 9.90 Å². The molecule has 4 N–H and O–H groups in total. The molecule has 3 aromatic heterocycles.